The number of nitrogens with zero attached hydrogens (tertiary/aromatic N) is 2. The number of carbonyl (C=O) groups excluding carboxylic acids is 2. The number of carbonyl (C=O) groups is 3. The average molecular weight is 388 g/mol. The Morgan fingerprint density at radius 3 is 2.46 bits per heavy atom. The number of aromatic nitrogens is 2. The van der Waals surface area contributed by atoms with Gasteiger partial charge in [-0.05, 0) is 50.9 Å². The second kappa shape index (κ2) is 7.56. The maximum Gasteiger partial charge on any atom is 0.307 e. The number of carboxylic acid groups (broad SMARTS) is 1. The lowest BCUT2D eigenvalue weighted by atomic mass is 9.78. The highest BCUT2D eigenvalue weighted by Crippen LogP contribution is 2.52. The average Bonchev–Trinajstić information content (AvgIpc) is 3.44. The molecule has 0 spiro atoms. The monoisotopic (exact) mass is 388 g/mol. The lowest BCUT2D eigenvalue weighted by molar-refractivity contribution is -0.148. The Balaban J connectivity index is 1.52. The molecule has 3 N–H and O–H groups in total. The summed E-state index contributed by atoms with van der Waals surface area (Å²) in [6.45, 7) is 2.49. The fourth-order valence-corrected chi connectivity index (χ4v) is 5.41. The molecule has 8 heteroatoms. The second-order valence-electron chi connectivity index (χ2n) is 8.41. The minimum atomic E-state index is -0.893. The molecule has 2 bridgehead atoms. The molecule has 152 valence electrons. The van der Waals surface area contributed by atoms with E-state index in [0.717, 1.165) is 44.9 Å². The summed E-state index contributed by atoms with van der Waals surface area (Å²) in [6, 6.07) is 0.157. The molecule has 28 heavy (non-hydrogen) atoms. The van der Waals surface area contributed by atoms with Crippen LogP contribution in [0.25, 0.3) is 0 Å². The number of hydrogen-bond acceptors (Lipinski definition) is 4. The van der Waals surface area contributed by atoms with Crippen LogP contribution in [0.5, 0.6) is 0 Å². The molecular weight excluding hydrogens is 360 g/mol. The Morgan fingerprint density at radius 2 is 1.82 bits per heavy atom. The van der Waals surface area contributed by atoms with Gasteiger partial charge in [-0.25, -0.2) is 0 Å². The van der Waals surface area contributed by atoms with Crippen LogP contribution in [0.1, 0.15) is 62.4 Å². The summed E-state index contributed by atoms with van der Waals surface area (Å²) < 4.78 is 1.62. The molecule has 0 aromatic carbocycles. The van der Waals surface area contributed by atoms with Crippen LogP contribution in [0.2, 0.25) is 0 Å². The molecule has 4 rings (SSSR count). The third-order valence-corrected chi connectivity index (χ3v) is 6.75. The number of anilines is 1. The summed E-state index contributed by atoms with van der Waals surface area (Å²) in [6.07, 6.45) is 8.39. The van der Waals surface area contributed by atoms with Crippen molar-refractivity contribution in [1.29, 1.82) is 0 Å². The first-order valence-electron chi connectivity index (χ1n) is 10.4. The summed E-state index contributed by atoms with van der Waals surface area (Å²) in [4.78, 5) is 37.4. The third kappa shape index (κ3) is 3.40. The zero-order valence-electron chi connectivity index (χ0n) is 16.2. The molecule has 3 saturated carbocycles. The zero-order valence-corrected chi connectivity index (χ0v) is 16.2. The smallest absolute Gasteiger partial charge is 0.307 e. The Kier molecular flexibility index (Phi) is 5.12. The van der Waals surface area contributed by atoms with Crippen LogP contribution in [0, 0.1) is 23.7 Å². The van der Waals surface area contributed by atoms with Gasteiger partial charge in [0.1, 0.15) is 0 Å². The van der Waals surface area contributed by atoms with Crippen LogP contribution in [0.15, 0.2) is 6.20 Å². The molecular formula is C20H28N4O4. The van der Waals surface area contributed by atoms with Crippen molar-refractivity contribution in [1.82, 2.24) is 15.1 Å². The van der Waals surface area contributed by atoms with E-state index in [1.165, 1.54) is 0 Å². The van der Waals surface area contributed by atoms with Crippen molar-refractivity contribution >= 4 is 23.5 Å². The molecule has 0 unspecified atom stereocenters. The maximum absolute atomic E-state index is 13.0. The highest BCUT2D eigenvalue weighted by Gasteiger charge is 2.54. The first-order valence-corrected chi connectivity index (χ1v) is 10.4. The summed E-state index contributed by atoms with van der Waals surface area (Å²) in [7, 11) is 0. The van der Waals surface area contributed by atoms with E-state index in [1.54, 1.807) is 10.9 Å². The van der Waals surface area contributed by atoms with Crippen molar-refractivity contribution in [2.45, 2.75) is 64.5 Å². The fourth-order valence-electron chi connectivity index (χ4n) is 5.41. The van der Waals surface area contributed by atoms with Gasteiger partial charge < -0.3 is 15.7 Å². The van der Waals surface area contributed by atoms with Gasteiger partial charge in [-0.2, -0.15) is 5.10 Å². The van der Waals surface area contributed by atoms with Gasteiger partial charge in [0.25, 0.3) is 5.91 Å². The molecule has 1 heterocycles. The third-order valence-electron chi connectivity index (χ3n) is 6.75. The van der Waals surface area contributed by atoms with Crippen molar-refractivity contribution in [3.05, 3.63) is 11.9 Å². The quantitative estimate of drug-likeness (QED) is 0.692. The molecule has 8 nitrogen and oxygen atoms in total. The highest BCUT2D eigenvalue weighted by atomic mass is 16.4. The van der Waals surface area contributed by atoms with Crippen LogP contribution >= 0.6 is 0 Å². The molecule has 0 aliphatic heterocycles. The topological polar surface area (TPSA) is 113 Å². The number of aryl methyl sites for hydroxylation is 1. The van der Waals surface area contributed by atoms with Gasteiger partial charge >= 0.3 is 5.97 Å². The number of hydrogen-bond donors (Lipinski definition) is 3. The van der Waals surface area contributed by atoms with Crippen molar-refractivity contribution in [3.8, 4) is 0 Å². The van der Waals surface area contributed by atoms with Crippen LogP contribution in [0.4, 0.5) is 5.69 Å². The second-order valence-corrected chi connectivity index (χ2v) is 8.41. The van der Waals surface area contributed by atoms with E-state index in [2.05, 4.69) is 15.7 Å². The van der Waals surface area contributed by atoms with Crippen molar-refractivity contribution < 1.29 is 19.5 Å². The van der Waals surface area contributed by atoms with Crippen molar-refractivity contribution in [3.63, 3.8) is 0 Å². The van der Waals surface area contributed by atoms with E-state index >= 15 is 0 Å². The number of rotatable bonds is 6. The minimum absolute atomic E-state index is 0.0850. The number of fused-ring (bicyclic) bond motifs is 2. The predicted molar refractivity (Wildman–Crippen MR) is 102 cm³/mol. The molecule has 2 amide bonds. The summed E-state index contributed by atoms with van der Waals surface area (Å²) >= 11 is 0. The molecule has 0 radical (unpaired) electrons. The van der Waals surface area contributed by atoms with Crippen molar-refractivity contribution in [2.75, 3.05) is 5.32 Å². The molecule has 4 atom stereocenters. The molecule has 3 fully saturated rings. The van der Waals surface area contributed by atoms with Crippen LogP contribution in [-0.2, 0) is 16.1 Å². The van der Waals surface area contributed by atoms with E-state index in [4.69, 9.17) is 0 Å². The number of amides is 2. The number of carboxylic acids is 1. The Labute approximate surface area is 164 Å². The van der Waals surface area contributed by atoms with Gasteiger partial charge in [0, 0.05) is 18.8 Å². The van der Waals surface area contributed by atoms with Gasteiger partial charge in [-0.3, -0.25) is 19.1 Å². The van der Waals surface area contributed by atoms with Crippen LogP contribution in [-0.4, -0.2) is 38.7 Å². The highest BCUT2D eigenvalue weighted by molar-refractivity contribution is 6.03. The largest absolute Gasteiger partial charge is 0.481 e. The Morgan fingerprint density at radius 1 is 1.14 bits per heavy atom. The lowest BCUT2D eigenvalue weighted by Crippen LogP contribution is -2.38. The Bertz CT molecular complexity index is 783. The standard InChI is InChI=1S/C20H28N4O4/c1-2-24-10-14(17(23-24)19(26)21-13-5-3-4-6-13)22-18(25)15-11-7-8-12(9-11)16(15)20(27)28/h10-13,15-16H,2-9H2,1H3,(H,21,26)(H,22,25)(H,27,28)/t11-,12-,15+,16+/m0/s1. The molecule has 1 aromatic rings. The van der Waals surface area contributed by atoms with Gasteiger partial charge in [0.15, 0.2) is 5.69 Å². The molecule has 0 saturated heterocycles. The lowest BCUT2D eigenvalue weighted by Gasteiger charge is -2.26. The first-order chi connectivity index (χ1) is 13.5. The van der Waals surface area contributed by atoms with E-state index in [0.29, 0.717) is 12.2 Å². The minimum Gasteiger partial charge on any atom is -0.481 e. The van der Waals surface area contributed by atoms with E-state index in [9.17, 15) is 19.5 Å². The molecule has 1 aromatic heterocycles. The number of aliphatic carboxylic acids is 1. The SMILES string of the molecule is CCn1cc(NC(=O)[C@@H]2[C@H]3CC[C@@H](C3)[C@H]2C(=O)O)c(C(=O)NC2CCCC2)n1. The van der Waals surface area contributed by atoms with Crippen molar-refractivity contribution in [2.24, 2.45) is 23.7 Å². The van der Waals surface area contributed by atoms with Gasteiger partial charge in [0.05, 0.1) is 17.5 Å². The molecule has 3 aliphatic carbocycles. The zero-order chi connectivity index (χ0) is 19.8. The summed E-state index contributed by atoms with van der Waals surface area (Å²) in [5.74, 6) is -2.44. The van der Waals surface area contributed by atoms with Crippen LogP contribution < -0.4 is 10.6 Å². The maximum atomic E-state index is 13.0. The molecule has 3 aliphatic rings. The fraction of sp³-hybridized carbons (Fsp3) is 0.700. The number of nitrogens with one attached hydrogen (secondary N) is 2. The van der Waals surface area contributed by atoms with E-state index in [-0.39, 0.29) is 35.4 Å². The van der Waals surface area contributed by atoms with E-state index < -0.39 is 17.8 Å². The van der Waals surface area contributed by atoms with E-state index in [1.807, 2.05) is 6.92 Å². The predicted octanol–water partition coefficient (Wildman–Crippen LogP) is 2.26. The van der Waals surface area contributed by atoms with Gasteiger partial charge in [-0.15, -0.1) is 0 Å². The Hall–Kier alpha value is -2.38. The van der Waals surface area contributed by atoms with Crippen LogP contribution in [0.3, 0.4) is 0 Å². The van der Waals surface area contributed by atoms with Gasteiger partial charge in [-0.1, -0.05) is 12.8 Å². The summed E-state index contributed by atoms with van der Waals surface area (Å²) in [5.41, 5.74) is 0.575. The van der Waals surface area contributed by atoms with Gasteiger partial charge in [0.2, 0.25) is 5.91 Å². The first kappa shape index (κ1) is 19.0. The summed E-state index contributed by atoms with van der Waals surface area (Å²) in [5, 5.41) is 19.8. The normalized spacial score (nSPS) is 29.2.